The van der Waals surface area contributed by atoms with Crippen molar-refractivity contribution in [3.63, 3.8) is 0 Å². The lowest BCUT2D eigenvalue weighted by atomic mass is 9.84. The van der Waals surface area contributed by atoms with E-state index in [9.17, 15) is 5.11 Å². The van der Waals surface area contributed by atoms with Crippen LogP contribution in [0.25, 0.3) is 0 Å². The first-order valence-electron chi connectivity index (χ1n) is 5.92. The van der Waals surface area contributed by atoms with E-state index in [0.29, 0.717) is 11.1 Å². The van der Waals surface area contributed by atoms with Crippen molar-refractivity contribution in [1.82, 2.24) is 0 Å². The second kappa shape index (κ2) is 5.72. The van der Waals surface area contributed by atoms with E-state index < -0.39 is 0 Å². The van der Waals surface area contributed by atoms with Crippen molar-refractivity contribution < 1.29 is 5.11 Å². The molecular weight excluding hydrogens is 276 g/mol. The molecule has 0 unspecified atom stereocenters. The highest BCUT2D eigenvalue weighted by molar-refractivity contribution is 9.08. The molecule has 0 bridgehead atoms. The van der Waals surface area contributed by atoms with E-state index in [2.05, 4.69) is 55.4 Å². The summed E-state index contributed by atoms with van der Waals surface area (Å²) in [5, 5.41) is 10.8. The summed E-state index contributed by atoms with van der Waals surface area (Å²) in [7, 11) is 0. The zero-order valence-corrected chi connectivity index (χ0v) is 12.5. The average molecular weight is 297 g/mol. The number of phenolic OH excluding ortho intramolecular Hbond substituents is 1. The molecule has 0 aliphatic heterocycles. The quantitative estimate of drug-likeness (QED) is 0.630. The molecule has 0 radical (unpaired) electrons. The van der Waals surface area contributed by atoms with Gasteiger partial charge >= 0.3 is 0 Å². The lowest BCUT2D eigenvalue weighted by Gasteiger charge is -2.22. The molecule has 0 atom stereocenters. The molecule has 0 aliphatic rings. The summed E-state index contributed by atoms with van der Waals surface area (Å²) < 4.78 is 0. The monoisotopic (exact) mass is 296 g/mol. The SMILES string of the molecule is C=CCCc1cc(C(C)(C)C)cc(CBr)c1O. The Labute approximate surface area is 113 Å². The van der Waals surface area contributed by atoms with Crippen LogP contribution in [0.1, 0.15) is 43.9 Å². The number of benzene rings is 1. The number of rotatable bonds is 4. The highest BCUT2D eigenvalue weighted by atomic mass is 79.9. The Morgan fingerprint density at radius 3 is 2.35 bits per heavy atom. The van der Waals surface area contributed by atoms with Gasteiger partial charge in [0.25, 0.3) is 0 Å². The largest absolute Gasteiger partial charge is 0.507 e. The second-order valence-electron chi connectivity index (χ2n) is 5.35. The Hall–Kier alpha value is -0.760. The van der Waals surface area contributed by atoms with Crippen molar-refractivity contribution in [1.29, 1.82) is 0 Å². The Morgan fingerprint density at radius 1 is 1.29 bits per heavy atom. The van der Waals surface area contributed by atoms with Gasteiger partial charge in [-0.25, -0.2) is 0 Å². The van der Waals surface area contributed by atoms with Crippen molar-refractivity contribution in [3.8, 4) is 5.75 Å². The molecule has 94 valence electrons. The normalized spacial score (nSPS) is 11.5. The van der Waals surface area contributed by atoms with E-state index in [-0.39, 0.29) is 5.41 Å². The lowest BCUT2D eigenvalue weighted by Crippen LogP contribution is -2.12. The van der Waals surface area contributed by atoms with Crippen molar-refractivity contribution in [2.24, 2.45) is 0 Å². The number of alkyl halides is 1. The molecule has 0 aliphatic carbocycles. The van der Waals surface area contributed by atoms with Crippen LogP contribution in [0.15, 0.2) is 24.8 Å². The van der Waals surface area contributed by atoms with Crippen LogP contribution in [0.4, 0.5) is 0 Å². The third-order valence-corrected chi connectivity index (χ3v) is 3.50. The third kappa shape index (κ3) is 3.60. The zero-order valence-electron chi connectivity index (χ0n) is 10.9. The Kier molecular flexibility index (Phi) is 4.81. The predicted octanol–water partition coefficient (Wildman–Crippen LogP) is 4.70. The molecule has 1 rings (SSSR count). The third-order valence-electron chi connectivity index (χ3n) is 2.90. The summed E-state index contributed by atoms with van der Waals surface area (Å²) in [6, 6.07) is 4.20. The average Bonchev–Trinajstić information content (AvgIpc) is 2.26. The van der Waals surface area contributed by atoms with E-state index in [1.807, 2.05) is 6.08 Å². The van der Waals surface area contributed by atoms with E-state index in [1.165, 1.54) is 5.56 Å². The number of phenols is 1. The Bertz CT molecular complexity index is 402. The number of aromatic hydroxyl groups is 1. The zero-order chi connectivity index (χ0) is 13.1. The standard InChI is InChI=1S/C15H21BrO/c1-5-6-7-11-8-13(15(2,3)4)9-12(10-16)14(11)17/h5,8-9,17H,1,6-7,10H2,2-4H3. The van der Waals surface area contributed by atoms with Crippen molar-refractivity contribution >= 4 is 15.9 Å². The van der Waals surface area contributed by atoms with Gasteiger partial charge in [0.2, 0.25) is 0 Å². The maximum absolute atomic E-state index is 10.1. The topological polar surface area (TPSA) is 20.2 Å². The molecule has 0 saturated carbocycles. The smallest absolute Gasteiger partial charge is 0.122 e. The van der Waals surface area contributed by atoms with E-state index in [1.54, 1.807) is 0 Å². The van der Waals surface area contributed by atoms with Crippen LogP contribution in [-0.2, 0) is 17.2 Å². The van der Waals surface area contributed by atoms with Crippen molar-refractivity contribution in [3.05, 3.63) is 41.5 Å². The van der Waals surface area contributed by atoms with Crippen LogP contribution in [-0.4, -0.2) is 5.11 Å². The summed E-state index contributed by atoms with van der Waals surface area (Å²) >= 11 is 3.43. The van der Waals surface area contributed by atoms with Crippen LogP contribution < -0.4 is 0 Å². The fourth-order valence-electron chi connectivity index (χ4n) is 1.74. The van der Waals surface area contributed by atoms with Gasteiger partial charge in [-0.05, 0) is 29.4 Å². The van der Waals surface area contributed by atoms with Gasteiger partial charge in [-0.3, -0.25) is 0 Å². The second-order valence-corrected chi connectivity index (χ2v) is 5.91. The molecular formula is C15H21BrO. The van der Waals surface area contributed by atoms with E-state index >= 15 is 0 Å². The lowest BCUT2D eigenvalue weighted by molar-refractivity contribution is 0.462. The van der Waals surface area contributed by atoms with Crippen LogP contribution in [0.5, 0.6) is 5.75 Å². The van der Waals surface area contributed by atoms with Gasteiger partial charge in [-0.2, -0.15) is 0 Å². The van der Waals surface area contributed by atoms with Gasteiger partial charge in [-0.1, -0.05) is 54.9 Å². The molecule has 17 heavy (non-hydrogen) atoms. The molecule has 0 aromatic heterocycles. The van der Waals surface area contributed by atoms with Gasteiger partial charge in [-0.15, -0.1) is 6.58 Å². The van der Waals surface area contributed by atoms with Gasteiger partial charge in [0, 0.05) is 10.9 Å². The highest BCUT2D eigenvalue weighted by Gasteiger charge is 2.17. The Morgan fingerprint density at radius 2 is 1.88 bits per heavy atom. The summed E-state index contributed by atoms with van der Waals surface area (Å²) in [6.45, 7) is 10.3. The maximum Gasteiger partial charge on any atom is 0.122 e. The number of hydrogen-bond donors (Lipinski definition) is 1. The van der Waals surface area contributed by atoms with Crippen LogP contribution in [0, 0.1) is 0 Å². The summed E-state index contributed by atoms with van der Waals surface area (Å²) in [5.74, 6) is 0.428. The van der Waals surface area contributed by atoms with Crippen molar-refractivity contribution in [2.45, 2.75) is 44.4 Å². The van der Waals surface area contributed by atoms with Crippen LogP contribution >= 0.6 is 15.9 Å². The summed E-state index contributed by atoms with van der Waals surface area (Å²) in [4.78, 5) is 0. The van der Waals surface area contributed by atoms with E-state index in [4.69, 9.17) is 0 Å². The van der Waals surface area contributed by atoms with Gasteiger partial charge in [0.15, 0.2) is 0 Å². The minimum atomic E-state index is 0.105. The minimum absolute atomic E-state index is 0.105. The number of aryl methyl sites for hydroxylation is 1. The van der Waals surface area contributed by atoms with Crippen LogP contribution in [0.2, 0.25) is 0 Å². The number of hydrogen-bond acceptors (Lipinski definition) is 1. The fraction of sp³-hybridized carbons (Fsp3) is 0.467. The first-order chi connectivity index (χ1) is 7.90. The molecule has 1 N–H and O–H groups in total. The van der Waals surface area contributed by atoms with Gasteiger partial charge in [0.1, 0.15) is 5.75 Å². The molecule has 0 spiro atoms. The Balaban J connectivity index is 3.23. The minimum Gasteiger partial charge on any atom is -0.507 e. The molecule has 2 heteroatoms. The molecule has 1 aromatic carbocycles. The number of halogens is 1. The maximum atomic E-state index is 10.1. The van der Waals surface area contributed by atoms with E-state index in [0.717, 1.165) is 24.0 Å². The first-order valence-corrected chi connectivity index (χ1v) is 7.04. The van der Waals surface area contributed by atoms with Crippen LogP contribution in [0.3, 0.4) is 0 Å². The summed E-state index contributed by atoms with van der Waals surface area (Å²) in [5.41, 5.74) is 3.36. The highest BCUT2D eigenvalue weighted by Crippen LogP contribution is 2.32. The number of allylic oxidation sites excluding steroid dienone is 1. The molecule has 0 saturated heterocycles. The first kappa shape index (κ1) is 14.3. The van der Waals surface area contributed by atoms with Crippen molar-refractivity contribution in [2.75, 3.05) is 0 Å². The fourth-order valence-corrected chi connectivity index (χ4v) is 2.17. The molecule has 0 fully saturated rings. The molecule has 0 heterocycles. The molecule has 0 amide bonds. The summed E-state index contributed by atoms with van der Waals surface area (Å²) in [6.07, 6.45) is 3.62. The molecule has 1 aromatic rings. The van der Waals surface area contributed by atoms with Gasteiger partial charge in [0.05, 0.1) is 0 Å². The molecule has 1 nitrogen and oxygen atoms in total. The van der Waals surface area contributed by atoms with Gasteiger partial charge < -0.3 is 5.11 Å². The predicted molar refractivity (Wildman–Crippen MR) is 78.0 cm³/mol.